The van der Waals surface area contributed by atoms with Crippen molar-refractivity contribution < 1.29 is 8.78 Å². The van der Waals surface area contributed by atoms with E-state index >= 15 is 0 Å². The average Bonchev–Trinajstić information content (AvgIpc) is 2.48. The van der Waals surface area contributed by atoms with Crippen LogP contribution in [0, 0.1) is 0 Å². The van der Waals surface area contributed by atoms with Gasteiger partial charge in [0, 0.05) is 11.6 Å². The fourth-order valence-electron chi connectivity index (χ4n) is 2.88. The minimum Gasteiger partial charge on any atom is -0.317 e. The molecule has 112 valence electrons. The van der Waals surface area contributed by atoms with E-state index in [0.717, 1.165) is 38.9 Å². The van der Waals surface area contributed by atoms with Crippen molar-refractivity contribution >= 4 is 0 Å². The Kier molecular flexibility index (Phi) is 5.49. The minimum absolute atomic E-state index is 0.120. The molecule has 2 nitrogen and oxygen atoms in total. The zero-order chi connectivity index (χ0) is 14.4. The minimum atomic E-state index is -2.78. The van der Waals surface area contributed by atoms with Gasteiger partial charge in [0.05, 0.1) is 6.54 Å². The molecule has 0 amide bonds. The van der Waals surface area contributed by atoms with Crippen LogP contribution in [0.2, 0.25) is 0 Å². The van der Waals surface area contributed by atoms with E-state index in [1.165, 1.54) is 12.1 Å². The Balaban J connectivity index is 2.06. The van der Waals surface area contributed by atoms with Gasteiger partial charge in [-0.2, -0.15) is 8.78 Å². The molecule has 1 aliphatic rings. The molecule has 1 aliphatic heterocycles. The summed E-state index contributed by atoms with van der Waals surface area (Å²) in [6.45, 7) is 4.49. The van der Waals surface area contributed by atoms with E-state index in [0.29, 0.717) is 0 Å². The van der Waals surface area contributed by atoms with Crippen LogP contribution in [0.4, 0.5) is 8.78 Å². The highest BCUT2D eigenvalue weighted by atomic mass is 19.3. The lowest BCUT2D eigenvalue weighted by Crippen LogP contribution is -2.47. The molecule has 0 aromatic heterocycles. The summed E-state index contributed by atoms with van der Waals surface area (Å²) in [7, 11) is 0. The lowest BCUT2D eigenvalue weighted by Gasteiger charge is -2.36. The van der Waals surface area contributed by atoms with E-state index in [2.05, 4.69) is 12.2 Å². The number of nitrogens with zero attached hydrogens (tertiary/aromatic N) is 1. The molecular weight excluding hydrogens is 258 g/mol. The molecule has 1 fully saturated rings. The highest BCUT2D eigenvalue weighted by Crippen LogP contribution is 2.30. The Labute approximate surface area is 120 Å². The van der Waals surface area contributed by atoms with Gasteiger partial charge in [-0.25, -0.2) is 0 Å². The first-order valence-corrected chi connectivity index (χ1v) is 7.51. The number of alkyl halides is 2. The van der Waals surface area contributed by atoms with E-state index in [9.17, 15) is 8.78 Å². The van der Waals surface area contributed by atoms with E-state index in [4.69, 9.17) is 0 Å². The van der Waals surface area contributed by atoms with Crippen molar-refractivity contribution in [2.24, 2.45) is 0 Å². The van der Waals surface area contributed by atoms with Gasteiger partial charge in [-0.1, -0.05) is 37.3 Å². The highest BCUT2D eigenvalue weighted by molar-refractivity contribution is 5.20. The van der Waals surface area contributed by atoms with Crippen LogP contribution in [0.25, 0.3) is 0 Å². The Hall–Kier alpha value is -1.00. The Morgan fingerprint density at radius 3 is 2.45 bits per heavy atom. The average molecular weight is 282 g/mol. The molecule has 1 aromatic rings. The van der Waals surface area contributed by atoms with Gasteiger partial charge in [0.2, 0.25) is 0 Å². The molecular formula is C16H24F2N2. The predicted molar refractivity (Wildman–Crippen MR) is 78.1 cm³/mol. The third-order valence-electron chi connectivity index (χ3n) is 3.93. The van der Waals surface area contributed by atoms with Gasteiger partial charge in [-0.15, -0.1) is 0 Å². The Morgan fingerprint density at radius 1 is 1.20 bits per heavy atom. The maximum absolute atomic E-state index is 14.4. The fourth-order valence-corrected chi connectivity index (χ4v) is 2.88. The summed E-state index contributed by atoms with van der Waals surface area (Å²) in [5, 5.41) is 3.29. The van der Waals surface area contributed by atoms with E-state index in [1.807, 2.05) is 4.90 Å². The van der Waals surface area contributed by atoms with Crippen LogP contribution in [-0.4, -0.2) is 37.1 Å². The number of halogens is 2. The van der Waals surface area contributed by atoms with E-state index in [-0.39, 0.29) is 18.2 Å². The molecule has 0 atom stereocenters. The fraction of sp³-hybridized carbons (Fsp3) is 0.625. The number of rotatable bonds is 6. The van der Waals surface area contributed by atoms with Crippen molar-refractivity contribution in [1.29, 1.82) is 0 Å². The first kappa shape index (κ1) is 15.4. The van der Waals surface area contributed by atoms with Crippen LogP contribution >= 0.6 is 0 Å². The molecule has 1 saturated heterocycles. The third kappa shape index (κ3) is 4.00. The van der Waals surface area contributed by atoms with Crippen LogP contribution < -0.4 is 5.32 Å². The van der Waals surface area contributed by atoms with Gasteiger partial charge in [-0.3, -0.25) is 4.90 Å². The predicted octanol–water partition coefficient (Wildman–Crippen LogP) is 3.24. The van der Waals surface area contributed by atoms with Crippen LogP contribution in [0.5, 0.6) is 0 Å². The molecule has 1 N–H and O–H groups in total. The van der Waals surface area contributed by atoms with Gasteiger partial charge in [-0.05, 0) is 38.9 Å². The lowest BCUT2D eigenvalue weighted by atomic mass is 10.0. The van der Waals surface area contributed by atoms with Gasteiger partial charge in [0.15, 0.2) is 0 Å². The lowest BCUT2D eigenvalue weighted by molar-refractivity contribution is -0.0510. The first-order valence-electron chi connectivity index (χ1n) is 7.51. The molecule has 2 rings (SSSR count). The Morgan fingerprint density at radius 2 is 1.85 bits per heavy atom. The first-order chi connectivity index (χ1) is 9.63. The van der Waals surface area contributed by atoms with Crippen molar-refractivity contribution in [1.82, 2.24) is 10.2 Å². The number of hydrogen-bond donors (Lipinski definition) is 1. The summed E-state index contributed by atoms with van der Waals surface area (Å²) >= 11 is 0. The summed E-state index contributed by atoms with van der Waals surface area (Å²) in [4.78, 5) is 1.98. The zero-order valence-electron chi connectivity index (χ0n) is 12.1. The summed E-state index contributed by atoms with van der Waals surface area (Å²) in [6, 6.07) is 8.45. The molecule has 20 heavy (non-hydrogen) atoms. The van der Waals surface area contributed by atoms with E-state index < -0.39 is 5.92 Å². The molecule has 0 spiro atoms. The second kappa shape index (κ2) is 7.14. The monoisotopic (exact) mass is 282 g/mol. The zero-order valence-corrected chi connectivity index (χ0v) is 12.1. The summed E-state index contributed by atoms with van der Waals surface area (Å²) in [6.07, 6.45) is 2.84. The van der Waals surface area contributed by atoms with Crippen molar-refractivity contribution in [3.63, 3.8) is 0 Å². The molecule has 0 unspecified atom stereocenters. The summed E-state index contributed by atoms with van der Waals surface area (Å²) in [5.41, 5.74) is 0.120. The van der Waals surface area contributed by atoms with Crippen molar-refractivity contribution in [3.8, 4) is 0 Å². The maximum atomic E-state index is 14.4. The summed E-state index contributed by atoms with van der Waals surface area (Å²) in [5.74, 6) is -2.78. The Bertz CT molecular complexity index is 389. The second-order valence-electron chi connectivity index (χ2n) is 5.52. The van der Waals surface area contributed by atoms with Gasteiger partial charge in [0.25, 0.3) is 5.92 Å². The molecule has 0 radical (unpaired) electrons. The molecule has 1 aromatic carbocycles. The second-order valence-corrected chi connectivity index (χ2v) is 5.52. The normalized spacial score (nSPS) is 17.6. The smallest absolute Gasteiger partial charge is 0.285 e. The van der Waals surface area contributed by atoms with Crippen LogP contribution in [0.15, 0.2) is 30.3 Å². The largest absolute Gasteiger partial charge is 0.317 e. The molecule has 4 heteroatoms. The van der Waals surface area contributed by atoms with Gasteiger partial charge < -0.3 is 5.32 Å². The SMILES string of the molecule is CCCN(CC(F)(F)c1ccccc1)C1CCNCC1. The van der Waals surface area contributed by atoms with Crippen molar-refractivity contribution in [3.05, 3.63) is 35.9 Å². The number of hydrogen-bond acceptors (Lipinski definition) is 2. The standard InChI is InChI=1S/C16H24F2N2/c1-2-12-20(15-8-10-19-11-9-15)13-16(17,18)14-6-4-3-5-7-14/h3-7,15,19H,2,8-13H2,1H3. The van der Waals surface area contributed by atoms with E-state index in [1.54, 1.807) is 18.2 Å². The van der Waals surface area contributed by atoms with Gasteiger partial charge >= 0.3 is 0 Å². The molecule has 0 aliphatic carbocycles. The van der Waals surface area contributed by atoms with Crippen LogP contribution in [0.3, 0.4) is 0 Å². The molecule has 0 bridgehead atoms. The highest BCUT2D eigenvalue weighted by Gasteiger charge is 2.36. The molecule has 1 heterocycles. The third-order valence-corrected chi connectivity index (χ3v) is 3.93. The number of piperidine rings is 1. The van der Waals surface area contributed by atoms with Crippen molar-refractivity contribution in [2.75, 3.05) is 26.2 Å². The van der Waals surface area contributed by atoms with Crippen molar-refractivity contribution in [2.45, 2.75) is 38.2 Å². The summed E-state index contributed by atoms with van der Waals surface area (Å²) < 4.78 is 28.9. The number of benzene rings is 1. The maximum Gasteiger partial charge on any atom is 0.285 e. The van der Waals surface area contributed by atoms with Gasteiger partial charge in [0.1, 0.15) is 0 Å². The van der Waals surface area contributed by atoms with Crippen LogP contribution in [-0.2, 0) is 5.92 Å². The number of nitrogens with one attached hydrogen (secondary N) is 1. The topological polar surface area (TPSA) is 15.3 Å². The molecule has 0 saturated carbocycles. The van der Waals surface area contributed by atoms with Crippen LogP contribution in [0.1, 0.15) is 31.7 Å². The quantitative estimate of drug-likeness (QED) is 0.861.